The van der Waals surface area contributed by atoms with Crippen molar-refractivity contribution in [3.63, 3.8) is 0 Å². The smallest absolute Gasteiger partial charge is 0.417 e. The number of hydrogen-bond acceptors (Lipinski definition) is 18. The summed E-state index contributed by atoms with van der Waals surface area (Å²) in [4.78, 5) is 82.5. The van der Waals surface area contributed by atoms with E-state index in [0.717, 1.165) is 91.8 Å². The molecule has 9 aromatic heterocycles. The van der Waals surface area contributed by atoms with Crippen molar-refractivity contribution in [2.45, 2.75) is 116 Å². The molecule has 0 unspecified atom stereocenters. The number of rotatable bonds is 12. The molecule has 14 rings (SSSR count). The number of carbonyl (C=O) groups is 5. The van der Waals surface area contributed by atoms with E-state index in [9.17, 15) is 55.4 Å². The third-order valence-electron chi connectivity index (χ3n) is 15.6. The van der Waals surface area contributed by atoms with E-state index in [2.05, 4.69) is 115 Å². The van der Waals surface area contributed by atoms with Crippen LogP contribution in [0.5, 0.6) is 0 Å². The van der Waals surface area contributed by atoms with Gasteiger partial charge >= 0.3 is 18.3 Å². The molecule has 5 N–H and O–H groups in total. The number of hydrogen-bond donors (Lipinski definition) is 5. The van der Waals surface area contributed by atoms with Gasteiger partial charge < -0.3 is 50.5 Å². The number of nitrogens with zero attached hydrogens (tertiary/aromatic N) is 7. The zero-order valence-corrected chi connectivity index (χ0v) is 91.1. The Bertz CT molecular complexity index is 5520. The molecule has 5 aromatic carbocycles. The number of aromatic nitrogens is 7. The number of benzene rings is 5. The summed E-state index contributed by atoms with van der Waals surface area (Å²) in [7, 11) is 0. The average molecular weight is 2930 g/mol. The number of pyridine rings is 7. The summed E-state index contributed by atoms with van der Waals surface area (Å²) in [6.45, 7) is 23.8. The van der Waals surface area contributed by atoms with Gasteiger partial charge in [-0.25, -0.2) is 32.5 Å². The topological polar surface area (TPSA) is 277 Å². The van der Waals surface area contributed by atoms with Gasteiger partial charge in [0.15, 0.2) is 23.1 Å². The van der Waals surface area contributed by atoms with Crippen LogP contribution in [0.3, 0.4) is 0 Å². The Hall–Kier alpha value is -10.4. The van der Waals surface area contributed by atoms with Crippen molar-refractivity contribution < 1.29 is 196 Å². The van der Waals surface area contributed by atoms with Crippen LogP contribution in [0.1, 0.15) is 127 Å². The number of carboxylic acid groups (broad SMARTS) is 1. The number of aliphatic hydroxyl groups is 4. The Balaban J connectivity index is -0.00000142. The summed E-state index contributed by atoms with van der Waals surface area (Å²) in [5, 5.41) is 46.1. The monoisotopic (exact) mass is 2930 g/mol. The third kappa shape index (κ3) is 54.8. The molecule has 720 valence electrons. The van der Waals surface area contributed by atoms with Crippen molar-refractivity contribution in [1.82, 2.24) is 34.9 Å². The zero-order valence-electron chi connectivity index (χ0n) is 75.1. The Morgan fingerprint density at radius 2 is 0.843 bits per heavy atom. The first-order valence-electron chi connectivity index (χ1n) is 39.2. The van der Waals surface area contributed by atoms with E-state index < -0.39 is 34.9 Å². The number of thiophene rings is 2. The number of aliphatic hydroxyl groups excluding tert-OH is 4. The fourth-order valence-corrected chi connectivity index (χ4v) is 11.3. The fraction of sp³-hybridized carbons (Fsp3) is 0.184. The molecule has 0 atom stereocenters. The van der Waals surface area contributed by atoms with Crippen LogP contribution in [0.25, 0.3) is 65.0 Å². The van der Waals surface area contributed by atoms with Crippen LogP contribution < -0.4 is 0 Å². The van der Waals surface area contributed by atoms with Gasteiger partial charge in [0.1, 0.15) is 11.5 Å². The van der Waals surface area contributed by atoms with E-state index in [-0.39, 0.29) is 189 Å². The first kappa shape index (κ1) is 128. The minimum absolute atomic E-state index is 0. The largest absolute Gasteiger partial charge is 0.512 e. The molecule has 0 spiro atoms. The van der Waals surface area contributed by atoms with Crippen molar-refractivity contribution >= 4 is 61.9 Å². The molecule has 0 amide bonds. The van der Waals surface area contributed by atoms with Crippen molar-refractivity contribution in [3.05, 3.63) is 402 Å². The van der Waals surface area contributed by atoms with E-state index in [1.165, 1.54) is 99.3 Å². The second-order valence-electron chi connectivity index (χ2n) is 29.2. The van der Waals surface area contributed by atoms with Gasteiger partial charge in [-0.15, -0.1) is 131 Å². The maximum Gasteiger partial charge on any atom is 0.417 e. The second-order valence-corrected chi connectivity index (χ2v) is 31.2. The number of aromatic carboxylic acids is 1. The van der Waals surface area contributed by atoms with Gasteiger partial charge in [0, 0.05) is 210 Å². The number of ketones is 4. The van der Waals surface area contributed by atoms with E-state index in [1.54, 1.807) is 47.2 Å². The van der Waals surface area contributed by atoms with Crippen LogP contribution in [0.15, 0.2) is 326 Å². The Kier molecular flexibility index (Phi) is 64.6. The molecule has 9 heterocycles. The number of fused-ring (bicyclic) bond motifs is 1. The van der Waals surface area contributed by atoms with Crippen LogP contribution >= 0.6 is 22.7 Å². The minimum Gasteiger partial charge on any atom is -0.512 e. The molecule has 0 bridgehead atoms. The summed E-state index contributed by atoms with van der Waals surface area (Å²) < 4.78 is 75.3. The molecule has 0 aliphatic heterocycles. The van der Waals surface area contributed by atoms with Gasteiger partial charge in [-0.2, -0.15) is 74.4 Å². The van der Waals surface area contributed by atoms with Crippen LogP contribution in [-0.4, -0.2) is 89.5 Å². The fourth-order valence-electron chi connectivity index (χ4n) is 9.66. The first-order chi connectivity index (χ1) is 60.5. The number of carbonyl (C=O) groups excluding carboxylic acids is 4. The molecule has 0 aliphatic rings. The predicted molar refractivity (Wildman–Crippen MR) is 495 cm³/mol. The molecular formula is C103H99F6Ir6N7O10S2-6. The number of allylic oxidation sites excluding steroid dienone is 8. The molecule has 134 heavy (non-hydrogen) atoms. The van der Waals surface area contributed by atoms with E-state index in [1.807, 2.05) is 218 Å². The first-order valence-corrected chi connectivity index (χ1v) is 40.9. The van der Waals surface area contributed by atoms with E-state index in [4.69, 9.17) is 20.4 Å². The maximum absolute atomic E-state index is 12.3. The van der Waals surface area contributed by atoms with Gasteiger partial charge in [-0.3, -0.25) is 24.2 Å². The Morgan fingerprint density at radius 3 is 1.20 bits per heavy atom. The van der Waals surface area contributed by atoms with Gasteiger partial charge in [-0.05, 0) is 148 Å². The van der Waals surface area contributed by atoms with E-state index in [0.29, 0.717) is 6.20 Å². The van der Waals surface area contributed by atoms with Gasteiger partial charge in [0.25, 0.3) is 0 Å². The number of carboxylic acids is 1. The van der Waals surface area contributed by atoms with Crippen molar-refractivity contribution in [1.29, 1.82) is 0 Å². The molecular weight excluding hydrogens is 2830 g/mol. The standard InChI is InChI=1S/C13H6F6N.C13H8NS.C13H12N.C12H10N.C11H8N.C11H20O2.C9H6NS.C6H5NO2.3C5H8O2.6Ir/c14-12(15,16)9-3-1-8(2-4-9)11-6-5-10(7-20-11)13(17,18)19;1-2-7-12-10(5-1)9-13(15-12)11-6-3-4-8-14-11;1-10-8-11(2)14-13(9-10)12-6-4-3-5-7-12;1-2-6-11(7-3-1)10-12-8-4-5-9-13-12;1-2-6-10(7-3-1)11-8-4-5-9-12-11;1-10(2,3)8(12)7-9(13)11(4,5)6;1-2-6-10-8(4-1)9-5-3-7-11-9;8-6(9)5-3-1-2-4-7-5;3*1-4(6)3-5(2)7;;;;;;/h1,3-7H;1-8H;3-6,8-9H,1-2H3;1-6,8-9H,10H2;1-6,8-9H;7,12H,1-6H3;1-4,6-7H;1-4H,(H,8,9);3*3,6H,1-2H3;;;;;;/q5*-1;;-1;;;;;;;;;;. The second kappa shape index (κ2) is 67.7. The molecule has 31 heteroatoms. The van der Waals surface area contributed by atoms with Crippen molar-refractivity contribution in [2.75, 3.05) is 0 Å². The van der Waals surface area contributed by atoms with Crippen LogP contribution in [0.2, 0.25) is 0 Å². The normalized spacial score (nSPS) is 10.5. The number of halogens is 6. The molecule has 0 saturated heterocycles. The van der Waals surface area contributed by atoms with Gasteiger partial charge in [0.05, 0.1) is 22.8 Å². The third-order valence-corrected chi connectivity index (χ3v) is 17.5. The quantitative estimate of drug-likeness (QED) is 0.0329. The molecule has 17 nitrogen and oxygen atoms in total. The molecule has 0 saturated carbocycles. The summed E-state index contributed by atoms with van der Waals surface area (Å²) in [5.41, 5.74) is 8.45. The number of aryl methyl sites for hydroxylation is 2. The number of alkyl halides is 6. The summed E-state index contributed by atoms with van der Waals surface area (Å²) >= 11 is 3.39. The van der Waals surface area contributed by atoms with Crippen LogP contribution in [0.4, 0.5) is 26.3 Å². The summed E-state index contributed by atoms with van der Waals surface area (Å²) in [6.07, 6.45) is 5.99. The SMILES string of the molecule is CC(=O)C=C(C)O.CC(=O)C=C(C)O.CC(=O)C=C(C)O.CC(C)(C)C(=O)C=C(O)C(C)(C)C.Cc1cc(C)nc(-c2[c-]cccc2)c1.FC(F)(F)c1c[c-]c(-c2ccc(C(F)(F)F)cn2)cc1.O=C(O)c1ccccn1.[Ir].[Ir].[Ir].[Ir].[Ir].[Ir].[c-]1c(-c2ccccn2)sc2ccccc12.[c-]1ccccc1-c1ccccn1.[c-]1ccccc1Cc1ccccn1.[c-]1ccsc1-c1ccccn1. The van der Waals surface area contributed by atoms with Gasteiger partial charge in [0.2, 0.25) is 0 Å². The minimum atomic E-state index is -4.50. The molecule has 0 fully saturated rings. The van der Waals surface area contributed by atoms with Crippen LogP contribution in [0, 0.1) is 61.1 Å². The maximum atomic E-state index is 12.3. The average Bonchev–Trinajstić information content (AvgIpc) is 1.59. The van der Waals surface area contributed by atoms with Crippen molar-refractivity contribution in [2.24, 2.45) is 10.8 Å². The summed E-state index contributed by atoms with van der Waals surface area (Å²) in [5.74, 6) is -1.07. The summed E-state index contributed by atoms with van der Waals surface area (Å²) in [6, 6.07) is 89.4. The van der Waals surface area contributed by atoms with E-state index >= 15 is 0 Å². The zero-order chi connectivity index (χ0) is 94.8. The Morgan fingerprint density at radius 1 is 0.403 bits per heavy atom. The molecule has 14 aromatic rings. The van der Waals surface area contributed by atoms with Crippen LogP contribution in [-0.2, 0) is 159 Å². The Labute approximate surface area is 868 Å². The molecule has 6 radical (unpaired) electrons. The predicted octanol–water partition coefficient (Wildman–Crippen LogP) is 26.1. The van der Waals surface area contributed by atoms with Crippen molar-refractivity contribution in [3.8, 4) is 54.9 Å². The van der Waals surface area contributed by atoms with Gasteiger partial charge in [-0.1, -0.05) is 131 Å². The molecule has 0 aliphatic carbocycles.